The largest absolute Gasteiger partial charge is 0.508 e. The Kier molecular flexibility index (Phi) is 2.94. The van der Waals surface area contributed by atoms with Crippen molar-refractivity contribution in [3.05, 3.63) is 28.7 Å². The molecule has 1 N–H and O–H groups in total. The van der Waals surface area contributed by atoms with Gasteiger partial charge in [-0.2, -0.15) is 12.8 Å². The molecule has 0 aromatic heterocycles. The summed E-state index contributed by atoms with van der Waals surface area (Å²) in [7, 11) is -2.91. The Morgan fingerprint density at radius 3 is 2.53 bits per heavy atom. The van der Waals surface area contributed by atoms with Gasteiger partial charge in [0.2, 0.25) is 0 Å². The van der Waals surface area contributed by atoms with Crippen LogP contribution in [0.5, 0.6) is 5.75 Å². The molecule has 0 saturated carbocycles. The van der Waals surface area contributed by atoms with Gasteiger partial charge in [0, 0.05) is 13.1 Å². The first-order chi connectivity index (χ1) is 6.89. The minimum atomic E-state index is -3.95. The fraction of sp³-hybridized carbons (Fsp3) is 0.250. The van der Waals surface area contributed by atoms with E-state index in [1.54, 1.807) is 6.92 Å². The minimum absolute atomic E-state index is 0.135. The Labute approximate surface area is 87.1 Å². The number of rotatable bonds is 3. The van der Waals surface area contributed by atoms with Gasteiger partial charge in [-0.1, -0.05) is 6.07 Å². The van der Waals surface area contributed by atoms with Crippen LogP contribution in [-0.4, -0.2) is 25.0 Å². The summed E-state index contributed by atoms with van der Waals surface area (Å²) < 4.78 is 23.6. The quantitative estimate of drug-likeness (QED) is 0.620. The summed E-state index contributed by atoms with van der Waals surface area (Å²) in [5.74, 6) is -0.182. The van der Waals surface area contributed by atoms with E-state index in [4.69, 9.17) is 5.11 Å². The van der Waals surface area contributed by atoms with E-state index in [-0.39, 0.29) is 10.6 Å². The molecule has 0 spiro atoms. The van der Waals surface area contributed by atoms with Crippen LogP contribution < -0.4 is 0 Å². The molecule has 0 aliphatic rings. The second-order valence-corrected chi connectivity index (χ2v) is 4.89. The van der Waals surface area contributed by atoms with E-state index in [9.17, 15) is 13.3 Å². The number of phenols is 1. The Hall–Kier alpha value is -1.63. The van der Waals surface area contributed by atoms with Gasteiger partial charge >= 0.3 is 0 Å². The van der Waals surface area contributed by atoms with Gasteiger partial charge in [0.1, 0.15) is 5.75 Å². The van der Waals surface area contributed by atoms with Crippen molar-refractivity contribution < 1.29 is 13.5 Å². The van der Waals surface area contributed by atoms with Gasteiger partial charge < -0.3 is 5.11 Å². The second-order valence-electron chi connectivity index (χ2n) is 2.97. The van der Waals surface area contributed by atoms with Crippen molar-refractivity contribution in [2.45, 2.75) is 11.8 Å². The summed E-state index contributed by atoms with van der Waals surface area (Å²) in [6.45, 7) is 1.56. The maximum atomic E-state index is 11.7. The van der Waals surface area contributed by atoms with Crippen LogP contribution in [0.3, 0.4) is 0 Å². The number of aromatic hydroxyl groups is 1. The number of aryl methyl sites for hydroxylation is 1. The minimum Gasteiger partial charge on any atom is -0.508 e. The van der Waals surface area contributed by atoms with Crippen LogP contribution in [0.25, 0.3) is 0 Å². The summed E-state index contributed by atoms with van der Waals surface area (Å²) in [6.07, 6.45) is 0. The molecule has 0 aliphatic carbocycles. The first-order valence-corrected chi connectivity index (χ1v) is 5.45. The zero-order valence-electron chi connectivity index (χ0n) is 8.21. The van der Waals surface area contributed by atoms with Crippen LogP contribution in [0.15, 0.2) is 28.4 Å². The van der Waals surface area contributed by atoms with Crippen LogP contribution in [0, 0.1) is 11.8 Å². The smallest absolute Gasteiger partial charge is 0.281 e. The molecule has 0 radical (unpaired) electrons. The molecule has 0 heterocycles. The van der Waals surface area contributed by atoms with E-state index in [0.29, 0.717) is 9.98 Å². The maximum absolute atomic E-state index is 11.7. The molecule has 0 bridgehead atoms. The third-order valence-corrected chi connectivity index (χ3v) is 3.67. The molecule has 1 rings (SSSR count). The van der Waals surface area contributed by atoms with Gasteiger partial charge in [-0.15, -0.1) is 4.91 Å². The Balaban J connectivity index is 3.39. The van der Waals surface area contributed by atoms with Gasteiger partial charge in [-0.25, -0.2) is 0 Å². The molecule has 0 amide bonds. The molecule has 82 valence electrons. The van der Waals surface area contributed by atoms with E-state index in [0.717, 1.165) is 13.1 Å². The molecule has 15 heavy (non-hydrogen) atoms. The SMILES string of the molecule is Cc1ccc(O)cc1S(=O)(=O)N(C)N=O. The van der Waals surface area contributed by atoms with Crippen molar-refractivity contribution in [1.29, 1.82) is 0 Å². The number of hydrogen-bond acceptors (Lipinski definition) is 5. The number of phenolic OH excluding ortho intramolecular Hbond substituents is 1. The highest BCUT2D eigenvalue weighted by Gasteiger charge is 2.23. The zero-order chi connectivity index (χ0) is 11.6. The van der Waals surface area contributed by atoms with Crippen molar-refractivity contribution in [2.24, 2.45) is 5.29 Å². The average molecular weight is 230 g/mol. The predicted molar refractivity (Wildman–Crippen MR) is 53.6 cm³/mol. The van der Waals surface area contributed by atoms with E-state index in [1.165, 1.54) is 12.1 Å². The first kappa shape index (κ1) is 11.4. The fourth-order valence-electron chi connectivity index (χ4n) is 1.05. The van der Waals surface area contributed by atoms with Crippen LogP contribution in [0.1, 0.15) is 5.56 Å². The normalized spacial score (nSPS) is 11.1. The fourth-order valence-corrected chi connectivity index (χ4v) is 2.17. The Bertz CT molecular complexity index is 483. The molecule has 6 nitrogen and oxygen atoms in total. The highest BCUT2D eigenvalue weighted by molar-refractivity contribution is 7.89. The van der Waals surface area contributed by atoms with Crippen molar-refractivity contribution >= 4 is 10.0 Å². The van der Waals surface area contributed by atoms with Crippen LogP contribution in [-0.2, 0) is 10.0 Å². The predicted octanol–water partition coefficient (Wildman–Crippen LogP) is 1.00. The molecule has 1 aromatic rings. The monoisotopic (exact) mass is 230 g/mol. The molecular formula is C8H10N2O4S. The number of benzene rings is 1. The highest BCUT2D eigenvalue weighted by Crippen LogP contribution is 2.23. The van der Waals surface area contributed by atoms with Crippen molar-refractivity contribution in [3.63, 3.8) is 0 Å². The highest BCUT2D eigenvalue weighted by atomic mass is 32.2. The summed E-state index contributed by atoms with van der Waals surface area (Å²) in [5.41, 5.74) is 0.434. The van der Waals surface area contributed by atoms with Gasteiger partial charge in [0.15, 0.2) is 0 Å². The molecule has 7 heteroatoms. The summed E-state index contributed by atoms with van der Waals surface area (Å²) in [6, 6.07) is 3.88. The lowest BCUT2D eigenvalue weighted by atomic mass is 10.2. The summed E-state index contributed by atoms with van der Waals surface area (Å²) in [4.78, 5) is 10.0. The van der Waals surface area contributed by atoms with Gasteiger partial charge in [-0.3, -0.25) is 0 Å². The Morgan fingerprint density at radius 2 is 2.00 bits per heavy atom. The van der Waals surface area contributed by atoms with E-state index in [1.807, 2.05) is 0 Å². The third-order valence-electron chi connectivity index (χ3n) is 1.91. The standard InChI is InChI=1S/C8H10N2O4S/c1-6-3-4-7(11)5-8(6)15(13,14)10(2)9-12/h3-5,11H,1-2H3. The molecular weight excluding hydrogens is 220 g/mol. The lowest BCUT2D eigenvalue weighted by Gasteiger charge is -2.12. The van der Waals surface area contributed by atoms with Gasteiger partial charge in [-0.05, 0) is 18.6 Å². The first-order valence-electron chi connectivity index (χ1n) is 4.01. The molecule has 0 fully saturated rings. The van der Waals surface area contributed by atoms with E-state index in [2.05, 4.69) is 5.29 Å². The van der Waals surface area contributed by atoms with Crippen LogP contribution in [0.2, 0.25) is 0 Å². The lowest BCUT2D eigenvalue weighted by molar-refractivity contribution is 0.467. The summed E-state index contributed by atoms with van der Waals surface area (Å²) >= 11 is 0. The maximum Gasteiger partial charge on any atom is 0.281 e. The van der Waals surface area contributed by atoms with Crippen molar-refractivity contribution in [3.8, 4) is 5.75 Å². The topological polar surface area (TPSA) is 87.0 Å². The third kappa shape index (κ3) is 2.07. The average Bonchev–Trinajstić information content (AvgIpc) is 2.20. The summed E-state index contributed by atoms with van der Waals surface area (Å²) in [5, 5.41) is 11.5. The molecule has 0 unspecified atom stereocenters. The number of nitroso groups, excluding NO2 is 1. The number of sulfonamides is 1. The lowest BCUT2D eigenvalue weighted by Crippen LogP contribution is -2.21. The molecule has 0 atom stereocenters. The molecule has 0 saturated heterocycles. The van der Waals surface area contributed by atoms with Gasteiger partial charge in [0.05, 0.1) is 10.2 Å². The van der Waals surface area contributed by atoms with Crippen molar-refractivity contribution in [2.75, 3.05) is 7.05 Å². The van der Waals surface area contributed by atoms with E-state index >= 15 is 0 Å². The second kappa shape index (κ2) is 3.85. The Morgan fingerprint density at radius 1 is 1.40 bits per heavy atom. The number of nitrogens with zero attached hydrogens (tertiary/aromatic N) is 2. The molecule has 1 aromatic carbocycles. The number of hydrogen-bond donors (Lipinski definition) is 1. The van der Waals surface area contributed by atoms with Gasteiger partial charge in [0.25, 0.3) is 10.0 Å². The zero-order valence-corrected chi connectivity index (χ0v) is 9.02. The molecule has 0 aliphatic heterocycles. The van der Waals surface area contributed by atoms with Crippen LogP contribution >= 0.6 is 0 Å². The van der Waals surface area contributed by atoms with E-state index < -0.39 is 10.0 Å². The van der Waals surface area contributed by atoms with Crippen molar-refractivity contribution in [1.82, 2.24) is 4.41 Å². The van der Waals surface area contributed by atoms with Crippen LogP contribution in [0.4, 0.5) is 0 Å².